The van der Waals surface area contributed by atoms with Gasteiger partial charge in [-0.05, 0) is 68.6 Å². The first-order chi connectivity index (χ1) is 13.8. The van der Waals surface area contributed by atoms with Crippen molar-refractivity contribution in [2.45, 2.75) is 56.4 Å². The summed E-state index contributed by atoms with van der Waals surface area (Å²) in [4.78, 5) is 21.0. The van der Waals surface area contributed by atoms with Crippen molar-refractivity contribution in [3.8, 4) is 0 Å². The number of hydrogen-bond donors (Lipinski definition) is 1. The van der Waals surface area contributed by atoms with Crippen LogP contribution in [0.15, 0.2) is 26.1 Å². The summed E-state index contributed by atoms with van der Waals surface area (Å²) in [6, 6.07) is 2.52. The van der Waals surface area contributed by atoms with Crippen LogP contribution in [0, 0.1) is 5.82 Å². The fourth-order valence-electron chi connectivity index (χ4n) is 3.65. The number of ether oxygens (including phenoxy) is 1. The highest BCUT2D eigenvalue weighted by molar-refractivity contribution is 9.10. The third-order valence-electron chi connectivity index (χ3n) is 5.17. The van der Waals surface area contributed by atoms with Crippen molar-refractivity contribution in [3.63, 3.8) is 0 Å². The number of carbonyl (C=O) groups is 1. The molecular weight excluding hydrogens is 482 g/mol. The Bertz CT molecular complexity index is 1020. The van der Waals surface area contributed by atoms with Crippen LogP contribution in [0.1, 0.15) is 46.2 Å². The first kappa shape index (κ1) is 23.1. The SMILES string of the molecule is CC(C)(C)OC(=O)NC1=N[C@](CF)(c2nc(Br)ccc2F)CS2(=O)=NCCC[C@]12C. The standard InChI is InChI=1S/C19H25BrF2N4O3S/c1-17(2,3)29-16(27)25-15-18(4)8-5-9-23-30(18,28)11-19(10-21,26-15)14-12(22)6-7-13(20)24-14/h6-7H,5,8-11H2,1-4H3,(H,25,26,27)/t18-,19+,30?/m1/s1. The maximum absolute atomic E-state index is 14.7. The summed E-state index contributed by atoms with van der Waals surface area (Å²) in [5.41, 5.74) is -2.95. The van der Waals surface area contributed by atoms with E-state index in [4.69, 9.17) is 4.74 Å². The minimum Gasteiger partial charge on any atom is -0.444 e. The second kappa shape index (κ2) is 7.81. The van der Waals surface area contributed by atoms with Crippen LogP contribution in [0.3, 0.4) is 0 Å². The lowest BCUT2D eigenvalue weighted by molar-refractivity contribution is 0.0560. The van der Waals surface area contributed by atoms with Crippen LogP contribution in [0.5, 0.6) is 0 Å². The van der Waals surface area contributed by atoms with E-state index < -0.39 is 44.2 Å². The first-order valence-electron chi connectivity index (χ1n) is 9.53. The number of alkyl carbamates (subject to hydrolysis) is 1. The Labute approximate surface area is 183 Å². The minimum atomic E-state index is -3.11. The topological polar surface area (TPSA) is 93.0 Å². The average Bonchev–Trinajstić information content (AvgIpc) is 2.63. The van der Waals surface area contributed by atoms with Crippen LogP contribution in [0.4, 0.5) is 13.6 Å². The molecule has 3 rings (SSSR count). The second-order valence-electron chi connectivity index (χ2n) is 8.69. The molecule has 0 aliphatic carbocycles. The number of hydrogen-bond acceptors (Lipinski definition) is 6. The van der Waals surface area contributed by atoms with Gasteiger partial charge >= 0.3 is 6.09 Å². The number of pyridine rings is 1. The number of nitrogens with zero attached hydrogens (tertiary/aromatic N) is 3. The minimum absolute atomic E-state index is 0.0183. The highest BCUT2D eigenvalue weighted by Crippen LogP contribution is 2.43. The molecule has 0 radical (unpaired) electrons. The zero-order chi connectivity index (χ0) is 22.4. The number of carbonyl (C=O) groups excluding carboxylic acids is 1. The largest absolute Gasteiger partial charge is 0.444 e. The average molecular weight is 507 g/mol. The third-order valence-corrected chi connectivity index (χ3v) is 8.89. The van der Waals surface area contributed by atoms with Gasteiger partial charge < -0.3 is 4.74 Å². The van der Waals surface area contributed by atoms with Gasteiger partial charge in [-0.15, -0.1) is 0 Å². The number of nitrogens with one attached hydrogen (secondary N) is 1. The van der Waals surface area contributed by atoms with E-state index >= 15 is 0 Å². The molecule has 3 atom stereocenters. The molecule has 2 aliphatic rings. The molecule has 1 amide bonds. The van der Waals surface area contributed by atoms with E-state index in [-0.39, 0.29) is 21.9 Å². The highest BCUT2D eigenvalue weighted by Gasteiger charge is 2.55. The molecule has 0 saturated carbocycles. The lowest BCUT2D eigenvalue weighted by Gasteiger charge is -2.45. The van der Waals surface area contributed by atoms with Gasteiger partial charge in [0.1, 0.15) is 44.5 Å². The van der Waals surface area contributed by atoms with Crippen LogP contribution in [-0.2, 0) is 20.0 Å². The number of aromatic nitrogens is 1. The fraction of sp³-hybridized carbons (Fsp3) is 0.632. The van der Waals surface area contributed by atoms with Crippen LogP contribution in [0.2, 0.25) is 0 Å². The molecule has 0 spiro atoms. The van der Waals surface area contributed by atoms with Gasteiger partial charge in [0.25, 0.3) is 0 Å². The molecule has 1 unspecified atom stereocenters. The number of halogens is 3. The van der Waals surface area contributed by atoms with E-state index in [9.17, 15) is 17.8 Å². The molecule has 7 nitrogen and oxygen atoms in total. The first-order valence-corrected chi connectivity index (χ1v) is 12.0. The lowest BCUT2D eigenvalue weighted by Crippen LogP contribution is -2.61. The summed E-state index contributed by atoms with van der Waals surface area (Å²) in [5.74, 6) is -1.12. The Morgan fingerprint density at radius 2 is 2.10 bits per heavy atom. The molecule has 0 aromatic carbocycles. The maximum Gasteiger partial charge on any atom is 0.413 e. The van der Waals surface area contributed by atoms with E-state index in [0.29, 0.717) is 19.4 Å². The van der Waals surface area contributed by atoms with Crippen molar-refractivity contribution >= 4 is 37.6 Å². The zero-order valence-corrected chi connectivity index (χ0v) is 19.7. The molecule has 0 fully saturated rings. The number of alkyl halides is 1. The predicted molar refractivity (Wildman–Crippen MR) is 114 cm³/mol. The van der Waals surface area contributed by atoms with Gasteiger partial charge in [-0.1, -0.05) is 0 Å². The van der Waals surface area contributed by atoms with Gasteiger partial charge in [0.15, 0.2) is 0 Å². The summed E-state index contributed by atoms with van der Waals surface area (Å²) in [6.45, 7) is 5.95. The Morgan fingerprint density at radius 1 is 1.40 bits per heavy atom. The molecule has 166 valence electrons. The number of aliphatic imine (C=N–C) groups is 1. The Morgan fingerprint density at radius 3 is 2.73 bits per heavy atom. The van der Waals surface area contributed by atoms with Gasteiger partial charge in [-0.25, -0.2) is 27.1 Å². The smallest absolute Gasteiger partial charge is 0.413 e. The molecule has 11 heteroatoms. The fourth-order valence-corrected chi connectivity index (χ4v) is 6.87. The van der Waals surface area contributed by atoms with Crippen molar-refractivity contribution in [2.24, 2.45) is 9.36 Å². The van der Waals surface area contributed by atoms with E-state index in [1.54, 1.807) is 27.7 Å². The number of amides is 1. The molecule has 0 bridgehead atoms. The second-order valence-corrected chi connectivity index (χ2v) is 12.2. The number of amidine groups is 1. The molecule has 30 heavy (non-hydrogen) atoms. The highest BCUT2D eigenvalue weighted by atomic mass is 79.9. The Kier molecular flexibility index (Phi) is 6.00. The van der Waals surface area contributed by atoms with Crippen molar-refractivity contribution in [1.29, 1.82) is 0 Å². The van der Waals surface area contributed by atoms with Crippen molar-refractivity contribution < 1.29 is 22.5 Å². The molecule has 2 aliphatic heterocycles. The molecule has 1 aromatic rings. The predicted octanol–water partition coefficient (Wildman–Crippen LogP) is 4.11. The molecule has 1 aromatic heterocycles. The summed E-state index contributed by atoms with van der Waals surface area (Å²) in [5, 5.41) is 2.55. The van der Waals surface area contributed by atoms with Gasteiger partial charge in [0.05, 0.1) is 15.5 Å². The monoisotopic (exact) mass is 506 g/mol. The van der Waals surface area contributed by atoms with Crippen LogP contribution < -0.4 is 5.32 Å². The number of rotatable bonds is 2. The van der Waals surface area contributed by atoms with E-state index in [1.165, 1.54) is 6.07 Å². The summed E-state index contributed by atoms with van der Waals surface area (Å²) >= 11 is 3.16. The van der Waals surface area contributed by atoms with Crippen LogP contribution in [-0.4, -0.2) is 50.4 Å². The van der Waals surface area contributed by atoms with Crippen LogP contribution in [0.25, 0.3) is 0 Å². The zero-order valence-electron chi connectivity index (χ0n) is 17.3. The van der Waals surface area contributed by atoms with E-state index in [1.807, 2.05) is 0 Å². The number of fused-ring (bicyclic) bond motifs is 1. The van der Waals surface area contributed by atoms with Gasteiger partial charge in [0.2, 0.25) is 0 Å². The van der Waals surface area contributed by atoms with Crippen molar-refractivity contribution in [2.75, 3.05) is 19.0 Å². The van der Waals surface area contributed by atoms with Gasteiger partial charge in [-0.3, -0.25) is 10.3 Å². The van der Waals surface area contributed by atoms with Crippen molar-refractivity contribution in [3.05, 3.63) is 28.2 Å². The van der Waals surface area contributed by atoms with E-state index in [2.05, 4.69) is 35.6 Å². The summed E-state index contributed by atoms with van der Waals surface area (Å²) < 4.78 is 52.0. The van der Waals surface area contributed by atoms with Crippen LogP contribution >= 0.6 is 15.9 Å². The van der Waals surface area contributed by atoms with E-state index in [0.717, 1.165) is 6.07 Å². The molecule has 0 saturated heterocycles. The maximum atomic E-state index is 14.7. The quantitative estimate of drug-likeness (QED) is 0.610. The summed E-state index contributed by atoms with van der Waals surface area (Å²) in [6.07, 6.45) is 0.252. The summed E-state index contributed by atoms with van der Waals surface area (Å²) in [7, 11) is -3.11. The Hall–Kier alpha value is -1.62. The van der Waals surface area contributed by atoms with Crippen molar-refractivity contribution in [1.82, 2.24) is 10.3 Å². The van der Waals surface area contributed by atoms with Gasteiger partial charge in [-0.2, -0.15) is 0 Å². The Balaban J connectivity index is 2.20. The normalized spacial score (nSPS) is 31.2. The molecular formula is C19H25BrF2N4O3S. The molecule has 1 N–H and O–H groups in total. The third kappa shape index (κ3) is 4.10. The van der Waals surface area contributed by atoms with Gasteiger partial charge in [0, 0.05) is 6.54 Å². The lowest BCUT2D eigenvalue weighted by atomic mass is 9.95. The molecule has 3 heterocycles.